The lowest BCUT2D eigenvalue weighted by molar-refractivity contribution is -0.125. The van der Waals surface area contributed by atoms with Crippen LogP contribution < -0.4 is 20.1 Å². The van der Waals surface area contributed by atoms with E-state index in [9.17, 15) is 14.4 Å². The van der Waals surface area contributed by atoms with Gasteiger partial charge in [-0.3, -0.25) is 9.59 Å². The average molecular weight is 433 g/mol. The SMILES string of the molecule is COc1cc(NC(=O)C2CCCCC2)c(C(=O)OCC(=O)NC2CCCC2)cc1OC. The Hall–Kier alpha value is -2.77. The van der Waals surface area contributed by atoms with Crippen molar-refractivity contribution in [3.05, 3.63) is 17.7 Å². The lowest BCUT2D eigenvalue weighted by Gasteiger charge is -2.22. The Morgan fingerprint density at radius 3 is 2.16 bits per heavy atom. The van der Waals surface area contributed by atoms with Gasteiger partial charge >= 0.3 is 5.97 Å². The molecular formula is C23H32N2O6. The van der Waals surface area contributed by atoms with E-state index in [0.717, 1.165) is 57.8 Å². The van der Waals surface area contributed by atoms with Gasteiger partial charge in [0.25, 0.3) is 5.91 Å². The molecule has 1 aromatic rings. The van der Waals surface area contributed by atoms with Gasteiger partial charge in [0, 0.05) is 24.1 Å². The number of benzene rings is 1. The van der Waals surface area contributed by atoms with Crippen LogP contribution in [-0.4, -0.2) is 44.7 Å². The number of anilines is 1. The molecule has 8 nitrogen and oxygen atoms in total. The molecule has 0 aromatic heterocycles. The fourth-order valence-electron chi connectivity index (χ4n) is 4.30. The number of esters is 1. The summed E-state index contributed by atoms with van der Waals surface area (Å²) in [6, 6.07) is 3.17. The molecule has 0 bridgehead atoms. The van der Waals surface area contributed by atoms with Crippen LogP contribution in [0, 0.1) is 5.92 Å². The van der Waals surface area contributed by atoms with Crippen molar-refractivity contribution in [2.24, 2.45) is 5.92 Å². The minimum atomic E-state index is -0.707. The Morgan fingerprint density at radius 2 is 1.52 bits per heavy atom. The minimum absolute atomic E-state index is 0.0806. The molecule has 0 heterocycles. The van der Waals surface area contributed by atoms with Crippen molar-refractivity contribution in [1.82, 2.24) is 5.32 Å². The highest BCUT2D eigenvalue weighted by Crippen LogP contribution is 2.35. The Morgan fingerprint density at radius 1 is 0.903 bits per heavy atom. The topological polar surface area (TPSA) is 103 Å². The van der Waals surface area contributed by atoms with Gasteiger partial charge in [0.05, 0.1) is 25.5 Å². The first kappa shape index (κ1) is 22.9. The maximum Gasteiger partial charge on any atom is 0.340 e. The molecule has 2 aliphatic rings. The zero-order valence-electron chi connectivity index (χ0n) is 18.3. The summed E-state index contributed by atoms with van der Waals surface area (Å²) in [6.45, 7) is -0.375. The van der Waals surface area contributed by atoms with Crippen molar-refractivity contribution in [2.75, 3.05) is 26.1 Å². The Balaban J connectivity index is 1.72. The first-order valence-electron chi connectivity index (χ1n) is 11.0. The lowest BCUT2D eigenvalue weighted by Crippen LogP contribution is -2.36. The number of hydrogen-bond donors (Lipinski definition) is 2. The van der Waals surface area contributed by atoms with Crippen LogP contribution in [0.1, 0.15) is 68.1 Å². The first-order valence-corrected chi connectivity index (χ1v) is 11.0. The predicted molar refractivity (Wildman–Crippen MR) is 115 cm³/mol. The molecule has 2 fully saturated rings. The first-order chi connectivity index (χ1) is 15.0. The molecule has 0 atom stereocenters. The van der Waals surface area contributed by atoms with Crippen molar-refractivity contribution in [1.29, 1.82) is 0 Å². The minimum Gasteiger partial charge on any atom is -0.493 e. The molecule has 3 rings (SSSR count). The van der Waals surface area contributed by atoms with Crippen molar-refractivity contribution in [2.45, 2.75) is 63.8 Å². The molecular weight excluding hydrogens is 400 g/mol. The summed E-state index contributed by atoms with van der Waals surface area (Å²) in [5, 5.41) is 5.74. The number of carbonyl (C=O) groups is 3. The van der Waals surface area contributed by atoms with Gasteiger partial charge < -0.3 is 24.8 Å². The summed E-state index contributed by atoms with van der Waals surface area (Å²) in [6.07, 6.45) is 8.95. The summed E-state index contributed by atoms with van der Waals surface area (Å²) in [7, 11) is 2.94. The van der Waals surface area contributed by atoms with Crippen LogP contribution in [-0.2, 0) is 14.3 Å². The summed E-state index contributed by atoms with van der Waals surface area (Å²) in [5.74, 6) is -0.518. The third kappa shape index (κ3) is 6.12. The van der Waals surface area contributed by atoms with Crippen LogP contribution in [0.3, 0.4) is 0 Å². The van der Waals surface area contributed by atoms with Gasteiger partial charge in [-0.25, -0.2) is 4.79 Å². The van der Waals surface area contributed by atoms with Crippen LogP contribution in [0.2, 0.25) is 0 Å². The number of nitrogens with one attached hydrogen (secondary N) is 2. The highest BCUT2D eigenvalue weighted by atomic mass is 16.5. The fraction of sp³-hybridized carbons (Fsp3) is 0.609. The molecule has 2 saturated carbocycles. The molecule has 0 spiro atoms. The zero-order valence-corrected chi connectivity index (χ0v) is 18.3. The highest BCUT2D eigenvalue weighted by Gasteiger charge is 2.25. The molecule has 2 N–H and O–H groups in total. The quantitative estimate of drug-likeness (QED) is 0.610. The summed E-state index contributed by atoms with van der Waals surface area (Å²) < 4.78 is 15.9. The number of carbonyl (C=O) groups excluding carboxylic acids is 3. The summed E-state index contributed by atoms with van der Waals surface area (Å²) >= 11 is 0. The maximum atomic E-state index is 12.8. The van der Waals surface area contributed by atoms with E-state index < -0.39 is 5.97 Å². The molecule has 2 aliphatic carbocycles. The van der Waals surface area contributed by atoms with E-state index in [0.29, 0.717) is 11.5 Å². The molecule has 0 radical (unpaired) electrons. The van der Waals surface area contributed by atoms with Crippen LogP contribution in [0.5, 0.6) is 11.5 Å². The zero-order chi connectivity index (χ0) is 22.2. The standard InChI is InChI=1S/C23H32N2O6/c1-29-19-12-17(23(28)31-14-21(26)24-16-10-6-7-11-16)18(13-20(19)30-2)25-22(27)15-8-4-3-5-9-15/h12-13,15-16H,3-11,14H2,1-2H3,(H,24,26)(H,25,27). The summed E-state index contributed by atoms with van der Waals surface area (Å²) in [4.78, 5) is 37.7. The second-order valence-electron chi connectivity index (χ2n) is 8.20. The number of rotatable bonds is 8. The monoisotopic (exact) mass is 432 g/mol. The van der Waals surface area contributed by atoms with Crippen molar-refractivity contribution >= 4 is 23.5 Å². The van der Waals surface area contributed by atoms with E-state index in [1.165, 1.54) is 20.3 Å². The number of methoxy groups -OCH3 is 2. The van der Waals surface area contributed by atoms with Crippen LogP contribution >= 0.6 is 0 Å². The smallest absolute Gasteiger partial charge is 0.340 e. The van der Waals surface area contributed by atoms with Gasteiger partial charge in [0.2, 0.25) is 5.91 Å². The van der Waals surface area contributed by atoms with Crippen LogP contribution in [0.4, 0.5) is 5.69 Å². The van der Waals surface area contributed by atoms with Gasteiger partial charge in [-0.1, -0.05) is 32.1 Å². The van der Waals surface area contributed by atoms with E-state index in [1.54, 1.807) is 6.07 Å². The van der Waals surface area contributed by atoms with E-state index in [1.807, 2.05) is 0 Å². The largest absolute Gasteiger partial charge is 0.493 e. The number of hydrogen-bond acceptors (Lipinski definition) is 6. The molecule has 0 unspecified atom stereocenters. The van der Waals surface area contributed by atoms with E-state index in [4.69, 9.17) is 14.2 Å². The van der Waals surface area contributed by atoms with Crippen molar-refractivity contribution in [3.8, 4) is 11.5 Å². The van der Waals surface area contributed by atoms with Gasteiger partial charge in [0.1, 0.15) is 0 Å². The Bertz CT molecular complexity index is 798. The van der Waals surface area contributed by atoms with E-state index in [-0.39, 0.29) is 41.6 Å². The summed E-state index contributed by atoms with van der Waals surface area (Å²) in [5.41, 5.74) is 0.407. The van der Waals surface area contributed by atoms with Gasteiger partial charge in [-0.15, -0.1) is 0 Å². The van der Waals surface area contributed by atoms with Gasteiger partial charge in [-0.05, 0) is 25.7 Å². The Labute approximate surface area is 183 Å². The second kappa shape index (κ2) is 11.0. The third-order valence-electron chi connectivity index (χ3n) is 6.03. The highest BCUT2D eigenvalue weighted by molar-refractivity contribution is 6.03. The Kier molecular flexibility index (Phi) is 8.14. The van der Waals surface area contributed by atoms with Crippen LogP contribution in [0.25, 0.3) is 0 Å². The van der Waals surface area contributed by atoms with Gasteiger partial charge in [-0.2, -0.15) is 0 Å². The van der Waals surface area contributed by atoms with E-state index in [2.05, 4.69) is 10.6 Å². The predicted octanol–water partition coefficient (Wildman–Crippen LogP) is 3.44. The molecule has 0 saturated heterocycles. The maximum absolute atomic E-state index is 12.8. The van der Waals surface area contributed by atoms with E-state index >= 15 is 0 Å². The molecule has 1 aromatic carbocycles. The van der Waals surface area contributed by atoms with Crippen molar-refractivity contribution in [3.63, 3.8) is 0 Å². The van der Waals surface area contributed by atoms with Crippen LogP contribution in [0.15, 0.2) is 12.1 Å². The van der Waals surface area contributed by atoms with Gasteiger partial charge in [0.15, 0.2) is 18.1 Å². The average Bonchev–Trinajstić information content (AvgIpc) is 3.30. The molecule has 2 amide bonds. The molecule has 0 aliphatic heterocycles. The number of amides is 2. The molecule has 170 valence electrons. The van der Waals surface area contributed by atoms with Crippen molar-refractivity contribution < 1.29 is 28.6 Å². The number of ether oxygens (including phenoxy) is 3. The molecule has 8 heteroatoms. The fourth-order valence-corrected chi connectivity index (χ4v) is 4.30. The second-order valence-corrected chi connectivity index (χ2v) is 8.20. The lowest BCUT2D eigenvalue weighted by atomic mass is 9.88. The third-order valence-corrected chi connectivity index (χ3v) is 6.03. The molecule has 31 heavy (non-hydrogen) atoms. The normalized spacial score (nSPS) is 17.1.